The Morgan fingerprint density at radius 2 is 1.69 bits per heavy atom. The molecule has 2 fully saturated rings. The Bertz CT molecular complexity index is 1380. The standard InChI is InChI=1S/C28H30N4O7/c33-24-23(17-19-18-29-22-10-5-4-9-21(19)22)32(39-26(36)25(34)35)27(37)31(24)14-6-13-30-15-11-28(38,12-16-30)20-7-2-1-3-8-20/h1-5,7-10,18,23,29,38H,6,11-17H2,(H,34,35). The number of aromatic nitrogens is 1. The molecule has 0 bridgehead atoms. The van der Waals surface area contributed by atoms with Gasteiger partial charge < -0.3 is 24.9 Å². The lowest BCUT2D eigenvalue weighted by atomic mass is 9.84. The number of fused-ring (bicyclic) bond motifs is 1. The van der Waals surface area contributed by atoms with Crippen LogP contribution in [0.25, 0.3) is 10.9 Å². The highest BCUT2D eigenvalue weighted by molar-refractivity contribution is 6.28. The number of hydrogen-bond donors (Lipinski definition) is 3. The van der Waals surface area contributed by atoms with Crippen LogP contribution < -0.4 is 0 Å². The number of imide groups is 1. The molecule has 0 aliphatic carbocycles. The van der Waals surface area contributed by atoms with Crippen LogP contribution in [0.4, 0.5) is 4.79 Å². The molecular weight excluding hydrogens is 504 g/mol. The van der Waals surface area contributed by atoms with Crippen molar-refractivity contribution in [2.75, 3.05) is 26.2 Å². The molecule has 2 aliphatic rings. The third kappa shape index (κ3) is 5.36. The van der Waals surface area contributed by atoms with E-state index in [2.05, 4.69) is 9.88 Å². The molecule has 2 saturated heterocycles. The number of benzene rings is 2. The number of aliphatic carboxylic acids is 1. The molecule has 0 saturated carbocycles. The second-order valence-corrected chi connectivity index (χ2v) is 9.95. The predicted molar refractivity (Wildman–Crippen MR) is 139 cm³/mol. The summed E-state index contributed by atoms with van der Waals surface area (Å²) in [6.45, 7) is 2.02. The molecule has 5 rings (SSSR count). The largest absolute Gasteiger partial charge is 0.473 e. The Hall–Kier alpha value is -4.22. The van der Waals surface area contributed by atoms with E-state index in [0.29, 0.717) is 44.0 Å². The van der Waals surface area contributed by atoms with Gasteiger partial charge in [0.2, 0.25) is 0 Å². The first-order valence-electron chi connectivity index (χ1n) is 12.9. The maximum absolute atomic E-state index is 13.3. The lowest BCUT2D eigenvalue weighted by Crippen LogP contribution is -2.43. The van der Waals surface area contributed by atoms with Gasteiger partial charge in [0.05, 0.1) is 5.60 Å². The van der Waals surface area contributed by atoms with Crippen molar-refractivity contribution in [3.8, 4) is 0 Å². The van der Waals surface area contributed by atoms with Crippen molar-refractivity contribution in [1.82, 2.24) is 19.8 Å². The number of aromatic amines is 1. The number of nitrogens with one attached hydrogen (secondary N) is 1. The zero-order chi connectivity index (χ0) is 27.6. The molecule has 3 amide bonds. The molecule has 2 aromatic carbocycles. The molecule has 0 radical (unpaired) electrons. The molecule has 39 heavy (non-hydrogen) atoms. The first kappa shape index (κ1) is 26.4. The maximum Gasteiger partial charge on any atom is 0.441 e. The molecule has 0 spiro atoms. The van der Waals surface area contributed by atoms with E-state index in [1.807, 2.05) is 54.6 Å². The summed E-state index contributed by atoms with van der Waals surface area (Å²) in [5.41, 5.74) is 1.60. The van der Waals surface area contributed by atoms with E-state index in [1.54, 1.807) is 6.20 Å². The van der Waals surface area contributed by atoms with Crippen molar-refractivity contribution >= 4 is 34.8 Å². The van der Waals surface area contributed by atoms with E-state index >= 15 is 0 Å². The Morgan fingerprint density at radius 3 is 2.41 bits per heavy atom. The van der Waals surface area contributed by atoms with Crippen LogP contribution in [0.2, 0.25) is 0 Å². The van der Waals surface area contributed by atoms with Gasteiger partial charge in [-0.25, -0.2) is 14.4 Å². The minimum Gasteiger partial charge on any atom is -0.473 e. The Kier molecular flexibility index (Phi) is 7.36. The fraction of sp³-hybridized carbons (Fsp3) is 0.357. The summed E-state index contributed by atoms with van der Waals surface area (Å²) in [4.78, 5) is 60.5. The van der Waals surface area contributed by atoms with Crippen molar-refractivity contribution in [1.29, 1.82) is 0 Å². The van der Waals surface area contributed by atoms with E-state index in [0.717, 1.165) is 26.9 Å². The molecule has 2 aliphatic heterocycles. The van der Waals surface area contributed by atoms with E-state index in [4.69, 9.17) is 9.94 Å². The zero-order valence-corrected chi connectivity index (χ0v) is 21.3. The lowest BCUT2D eigenvalue weighted by molar-refractivity contribution is -0.190. The van der Waals surface area contributed by atoms with Gasteiger partial charge in [-0.05, 0) is 43.0 Å². The molecule has 11 nitrogen and oxygen atoms in total. The first-order valence-corrected chi connectivity index (χ1v) is 12.9. The number of H-pyrrole nitrogens is 1. The number of hydroxylamine groups is 2. The number of carboxylic acid groups (broad SMARTS) is 1. The van der Waals surface area contributed by atoms with Gasteiger partial charge in [-0.3, -0.25) is 9.69 Å². The number of carbonyl (C=O) groups excluding carboxylic acids is 3. The predicted octanol–water partition coefficient (Wildman–Crippen LogP) is 2.26. The van der Waals surface area contributed by atoms with Gasteiger partial charge in [-0.15, -0.1) is 5.06 Å². The number of hydrogen-bond acceptors (Lipinski definition) is 7. The molecule has 1 aromatic heterocycles. The number of nitrogens with zero attached hydrogens (tertiary/aromatic N) is 3. The summed E-state index contributed by atoms with van der Waals surface area (Å²) in [5, 5.41) is 21.5. The van der Waals surface area contributed by atoms with Crippen LogP contribution in [0, 0.1) is 0 Å². The topological polar surface area (TPSA) is 143 Å². The van der Waals surface area contributed by atoms with E-state index in [1.165, 1.54) is 0 Å². The second kappa shape index (κ2) is 10.9. The van der Waals surface area contributed by atoms with Crippen molar-refractivity contribution in [3.05, 3.63) is 71.9 Å². The highest BCUT2D eigenvalue weighted by Gasteiger charge is 2.48. The summed E-state index contributed by atoms with van der Waals surface area (Å²) < 4.78 is 0. The average Bonchev–Trinajstić information content (AvgIpc) is 3.45. The van der Waals surface area contributed by atoms with E-state index in [9.17, 15) is 24.3 Å². The van der Waals surface area contributed by atoms with Crippen molar-refractivity contribution in [2.45, 2.75) is 37.3 Å². The van der Waals surface area contributed by atoms with Crippen LogP contribution in [0.3, 0.4) is 0 Å². The number of amides is 3. The minimum atomic E-state index is -1.86. The Balaban J connectivity index is 1.23. The monoisotopic (exact) mass is 534 g/mol. The van der Waals surface area contributed by atoms with Crippen molar-refractivity contribution < 1.29 is 34.2 Å². The van der Waals surface area contributed by atoms with Crippen LogP contribution >= 0.6 is 0 Å². The SMILES string of the molecule is O=C(O)C(=O)ON1C(=O)N(CCCN2CCC(O)(c3ccccc3)CC2)C(=O)C1Cc1c[nH]c2ccccc12. The summed E-state index contributed by atoms with van der Waals surface area (Å²) >= 11 is 0. The Labute approximate surface area is 224 Å². The molecule has 1 unspecified atom stereocenters. The molecule has 3 N–H and O–H groups in total. The molecule has 11 heteroatoms. The third-order valence-electron chi connectivity index (χ3n) is 7.55. The third-order valence-corrected chi connectivity index (χ3v) is 7.55. The molecule has 3 heterocycles. The number of likely N-dealkylation sites (tertiary alicyclic amines) is 1. The maximum atomic E-state index is 13.3. The van der Waals surface area contributed by atoms with Crippen molar-refractivity contribution in [3.63, 3.8) is 0 Å². The molecule has 1 atom stereocenters. The number of para-hydroxylation sites is 1. The van der Waals surface area contributed by atoms with E-state index < -0.39 is 35.5 Å². The molecule has 3 aromatic rings. The van der Waals surface area contributed by atoms with Crippen molar-refractivity contribution in [2.24, 2.45) is 0 Å². The van der Waals surface area contributed by atoms with Crippen LogP contribution in [0.5, 0.6) is 0 Å². The average molecular weight is 535 g/mol. The minimum absolute atomic E-state index is 0.0438. The van der Waals surface area contributed by atoms with Gasteiger partial charge in [0.1, 0.15) is 0 Å². The van der Waals surface area contributed by atoms with Crippen LogP contribution in [-0.2, 0) is 31.2 Å². The summed E-state index contributed by atoms with van der Waals surface area (Å²) in [5.74, 6) is -4.05. The number of rotatable bonds is 8. The van der Waals surface area contributed by atoms with Gasteiger partial charge >= 0.3 is 18.0 Å². The lowest BCUT2D eigenvalue weighted by Gasteiger charge is -2.38. The zero-order valence-electron chi connectivity index (χ0n) is 21.3. The molecular formula is C28H30N4O7. The van der Waals surface area contributed by atoms with Gasteiger partial charge in [0, 0.05) is 43.2 Å². The fourth-order valence-corrected chi connectivity index (χ4v) is 5.38. The van der Waals surface area contributed by atoms with Crippen LogP contribution in [0.1, 0.15) is 30.4 Å². The highest BCUT2D eigenvalue weighted by atomic mass is 16.7. The number of carboxylic acids is 1. The number of urea groups is 1. The number of carbonyl (C=O) groups is 4. The van der Waals surface area contributed by atoms with Crippen LogP contribution in [-0.4, -0.2) is 86.2 Å². The normalized spacial score (nSPS) is 19.6. The molecule has 204 valence electrons. The fourth-order valence-electron chi connectivity index (χ4n) is 5.38. The Morgan fingerprint density at radius 1 is 1.00 bits per heavy atom. The number of aliphatic hydroxyl groups is 1. The first-order chi connectivity index (χ1) is 18.8. The van der Waals surface area contributed by atoms with Gasteiger partial charge in [-0.2, -0.15) is 0 Å². The smallest absolute Gasteiger partial charge is 0.441 e. The van der Waals surface area contributed by atoms with Gasteiger partial charge in [0.15, 0.2) is 6.04 Å². The number of piperidine rings is 1. The highest BCUT2D eigenvalue weighted by Crippen LogP contribution is 2.33. The summed E-state index contributed by atoms with van der Waals surface area (Å²) in [6.07, 6.45) is 3.38. The van der Waals surface area contributed by atoms with Crippen LogP contribution in [0.15, 0.2) is 60.8 Å². The second-order valence-electron chi connectivity index (χ2n) is 9.95. The quantitative estimate of drug-likeness (QED) is 0.295. The van der Waals surface area contributed by atoms with E-state index in [-0.39, 0.29) is 13.0 Å². The van der Waals surface area contributed by atoms with Gasteiger partial charge in [-0.1, -0.05) is 48.5 Å². The van der Waals surface area contributed by atoms with Gasteiger partial charge in [0.25, 0.3) is 5.91 Å². The summed E-state index contributed by atoms with van der Waals surface area (Å²) in [7, 11) is 0. The summed E-state index contributed by atoms with van der Waals surface area (Å²) in [6, 6.07) is 15.0.